The quantitative estimate of drug-likeness (QED) is 0.782. The lowest BCUT2D eigenvalue weighted by molar-refractivity contribution is -0.117. The van der Waals surface area contributed by atoms with E-state index in [0.29, 0.717) is 25.5 Å². The summed E-state index contributed by atoms with van der Waals surface area (Å²) < 4.78 is 37.6. The van der Waals surface area contributed by atoms with Crippen LogP contribution in [0.1, 0.15) is 25.0 Å². The first-order valence-electron chi connectivity index (χ1n) is 9.38. The molecule has 1 N–H and O–H groups in total. The number of halogens is 2. The van der Waals surface area contributed by atoms with Crippen LogP contribution >= 0.6 is 0 Å². The molecule has 28 heavy (non-hydrogen) atoms. The zero-order valence-corrected chi connectivity index (χ0v) is 16.1. The zero-order chi connectivity index (χ0) is 20.1. The van der Waals surface area contributed by atoms with Crippen molar-refractivity contribution in [3.63, 3.8) is 0 Å². The summed E-state index contributed by atoms with van der Waals surface area (Å²) in [6, 6.07) is 7.30. The third-order valence-corrected chi connectivity index (χ3v) is 4.53. The summed E-state index contributed by atoms with van der Waals surface area (Å²) in [4.78, 5) is 14.3. The number of fused-ring (bicyclic) bond motifs is 1. The summed E-state index contributed by atoms with van der Waals surface area (Å²) >= 11 is 0. The Bertz CT molecular complexity index is 858. The van der Waals surface area contributed by atoms with Crippen molar-refractivity contribution in [1.29, 1.82) is 0 Å². The van der Waals surface area contributed by atoms with Gasteiger partial charge in [0.1, 0.15) is 0 Å². The summed E-state index contributed by atoms with van der Waals surface area (Å²) in [5.74, 6) is -0.755. The van der Waals surface area contributed by atoms with Crippen LogP contribution in [0.4, 0.5) is 14.5 Å². The van der Waals surface area contributed by atoms with Gasteiger partial charge in [0.25, 0.3) is 0 Å². The van der Waals surface area contributed by atoms with Crippen molar-refractivity contribution in [3.05, 3.63) is 53.1 Å². The molecule has 1 heterocycles. The van der Waals surface area contributed by atoms with Gasteiger partial charge in [-0.2, -0.15) is 0 Å². The summed E-state index contributed by atoms with van der Waals surface area (Å²) in [6.07, 6.45) is 0.792. The fourth-order valence-corrected chi connectivity index (χ4v) is 3.27. The van der Waals surface area contributed by atoms with E-state index in [4.69, 9.17) is 9.47 Å². The summed E-state index contributed by atoms with van der Waals surface area (Å²) in [5.41, 5.74) is 2.52. The SMILES string of the molecule is CCOc1cc2c(cc1OCC)CN(CC(=O)Nc1ccc(F)c(F)c1)CC2. The molecule has 0 aliphatic carbocycles. The van der Waals surface area contributed by atoms with Crippen molar-refractivity contribution in [2.45, 2.75) is 26.8 Å². The highest BCUT2D eigenvalue weighted by molar-refractivity contribution is 5.92. The van der Waals surface area contributed by atoms with Crippen molar-refractivity contribution in [1.82, 2.24) is 4.90 Å². The minimum absolute atomic E-state index is 0.162. The molecule has 2 aromatic rings. The molecule has 0 radical (unpaired) electrons. The van der Waals surface area contributed by atoms with Crippen LogP contribution in [0, 0.1) is 11.6 Å². The smallest absolute Gasteiger partial charge is 0.238 e. The van der Waals surface area contributed by atoms with Gasteiger partial charge in [-0.05, 0) is 55.7 Å². The van der Waals surface area contributed by atoms with Crippen LogP contribution in [-0.4, -0.2) is 37.1 Å². The Kier molecular flexibility index (Phi) is 6.46. The second-order valence-corrected chi connectivity index (χ2v) is 6.57. The maximum absolute atomic E-state index is 13.3. The monoisotopic (exact) mass is 390 g/mol. The van der Waals surface area contributed by atoms with Gasteiger partial charge in [-0.25, -0.2) is 8.78 Å². The Hall–Kier alpha value is -2.67. The van der Waals surface area contributed by atoms with E-state index in [1.54, 1.807) is 0 Å². The number of ether oxygens (including phenoxy) is 2. The second kappa shape index (κ2) is 9.01. The van der Waals surface area contributed by atoms with E-state index >= 15 is 0 Å². The predicted octanol–water partition coefficient (Wildman–Crippen LogP) is 3.76. The maximum atomic E-state index is 13.3. The van der Waals surface area contributed by atoms with Gasteiger partial charge in [0.05, 0.1) is 19.8 Å². The highest BCUT2D eigenvalue weighted by atomic mass is 19.2. The van der Waals surface area contributed by atoms with Crippen LogP contribution in [0.5, 0.6) is 11.5 Å². The van der Waals surface area contributed by atoms with Gasteiger partial charge in [0.15, 0.2) is 23.1 Å². The van der Waals surface area contributed by atoms with Crippen molar-refractivity contribution >= 4 is 11.6 Å². The van der Waals surface area contributed by atoms with E-state index in [2.05, 4.69) is 5.32 Å². The van der Waals surface area contributed by atoms with Crippen LogP contribution in [0.2, 0.25) is 0 Å². The number of rotatable bonds is 7. The number of carbonyl (C=O) groups is 1. The topological polar surface area (TPSA) is 50.8 Å². The summed E-state index contributed by atoms with van der Waals surface area (Å²) in [5, 5.41) is 2.61. The molecule has 2 aromatic carbocycles. The molecule has 7 heteroatoms. The molecule has 0 saturated carbocycles. The van der Waals surface area contributed by atoms with Gasteiger partial charge < -0.3 is 14.8 Å². The number of carbonyl (C=O) groups excluding carboxylic acids is 1. The summed E-state index contributed by atoms with van der Waals surface area (Å²) in [7, 11) is 0. The number of anilines is 1. The number of nitrogens with zero attached hydrogens (tertiary/aromatic N) is 1. The van der Waals surface area contributed by atoms with Gasteiger partial charge in [0.2, 0.25) is 5.91 Å². The molecule has 1 amide bonds. The second-order valence-electron chi connectivity index (χ2n) is 6.57. The lowest BCUT2D eigenvalue weighted by Crippen LogP contribution is -2.37. The van der Waals surface area contributed by atoms with Crippen molar-refractivity contribution in [2.75, 3.05) is 31.6 Å². The molecular weight excluding hydrogens is 366 g/mol. The molecule has 5 nitrogen and oxygen atoms in total. The Morgan fingerprint density at radius 1 is 1.04 bits per heavy atom. The molecule has 0 aromatic heterocycles. The molecule has 3 rings (SSSR count). The molecule has 1 aliphatic heterocycles. The first kappa shape index (κ1) is 20.1. The highest BCUT2D eigenvalue weighted by Gasteiger charge is 2.21. The standard InChI is InChI=1S/C21H24F2N2O3/c1-3-27-19-9-14-7-8-25(12-15(14)10-20(19)28-4-2)13-21(26)24-16-5-6-17(22)18(23)11-16/h5-6,9-11H,3-4,7-8,12-13H2,1-2H3,(H,24,26). The Morgan fingerprint density at radius 2 is 1.71 bits per heavy atom. The fraction of sp³-hybridized carbons (Fsp3) is 0.381. The minimum Gasteiger partial charge on any atom is -0.490 e. The van der Waals surface area contributed by atoms with Crippen LogP contribution in [0.25, 0.3) is 0 Å². The predicted molar refractivity (Wildman–Crippen MR) is 103 cm³/mol. The van der Waals surface area contributed by atoms with E-state index in [9.17, 15) is 13.6 Å². The van der Waals surface area contributed by atoms with Gasteiger partial charge >= 0.3 is 0 Å². The lowest BCUT2D eigenvalue weighted by Gasteiger charge is -2.29. The van der Waals surface area contributed by atoms with E-state index in [0.717, 1.165) is 36.4 Å². The molecule has 0 unspecified atom stereocenters. The average Bonchev–Trinajstić information content (AvgIpc) is 2.66. The Labute approximate surface area is 163 Å². The molecule has 0 fully saturated rings. The lowest BCUT2D eigenvalue weighted by atomic mass is 9.98. The average molecular weight is 390 g/mol. The van der Waals surface area contributed by atoms with Crippen molar-refractivity contribution in [2.24, 2.45) is 0 Å². The summed E-state index contributed by atoms with van der Waals surface area (Å²) in [6.45, 7) is 6.45. The number of benzene rings is 2. The van der Waals surface area contributed by atoms with E-state index in [-0.39, 0.29) is 18.1 Å². The van der Waals surface area contributed by atoms with Crippen LogP contribution in [0.15, 0.2) is 30.3 Å². The molecule has 1 aliphatic rings. The third-order valence-electron chi connectivity index (χ3n) is 4.53. The van der Waals surface area contributed by atoms with Crippen LogP contribution in [-0.2, 0) is 17.8 Å². The van der Waals surface area contributed by atoms with Gasteiger partial charge in [-0.1, -0.05) is 0 Å². The van der Waals surface area contributed by atoms with Crippen molar-refractivity contribution < 1.29 is 23.0 Å². The van der Waals surface area contributed by atoms with Crippen LogP contribution in [0.3, 0.4) is 0 Å². The Balaban J connectivity index is 1.66. The van der Waals surface area contributed by atoms with Gasteiger partial charge in [-0.3, -0.25) is 9.69 Å². The van der Waals surface area contributed by atoms with Gasteiger partial charge in [0, 0.05) is 24.8 Å². The van der Waals surface area contributed by atoms with E-state index in [1.165, 1.54) is 11.6 Å². The van der Waals surface area contributed by atoms with Crippen LogP contribution < -0.4 is 14.8 Å². The molecule has 0 bridgehead atoms. The molecular formula is C21H24F2N2O3. The first-order valence-corrected chi connectivity index (χ1v) is 9.38. The molecule has 0 spiro atoms. The largest absolute Gasteiger partial charge is 0.490 e. The van der Waals surface area contributed by atoms with Gasteiger partial charge in [-0.15, -0.1) is 0 Å². The maximum Gasteiger partial charge on any atom is 0.238 e. The molecule has 0 atom stereocenters. The third kappa shape index (κ3) is 4.78. The van der Waals surface area contributed by atoms with E-state index < -0.39 is 11.6 Å². The minimum atomic E-state index is -0.988. The van der Waals surface area contributed by atoms with E-state index in [1.807, 2.05) is 30.9 Å². The van der Waals surface area contributed by atoms with Crippen molar-refractivity contribution in [3.8, 4) is 11.5 Å². The highest BCUT2D eigenvalue weighted by Crippen LogP contribution is 2.33. The number of hydrogen-bond acceptors (Lipinski definition) is 4. The molecule has 0 saturated heterocycles. The molecule has 150 valence electrons. The number of amides is 1. The fourth-order valence-electron chi connectivity index (χ4n) is 3.27. The first-order chi connectivity index (χ1) is 13.5. The Morgan fingerprint density at radius 3 is 2.36 bits per heavy atom. The normalized spacial score (nSPS) is 13.7. The number of nitrogens with one attached hydrogen (secondary N) is 1. The zero-order valence-electron chi connectivity index (χ0n) is 16.1. The number of hydrogen-bond donors (Lipinski definition) is 1.